The van der Waals surface area contributed by atoms with Gasteiger partial charge in [0.1, 0.15) is 5.54 Å². The van der Waals surface area contributed by atoms with Crippen LogP contribution in [-0.2, 0) is 9.53 Å². The summed E-state index contributed by atoms with van der Waals surface area (Å²) in [6.07, 6.45) is 6.66. The number of carbonyl (C=O) groups excluding carboxylic acids is 1. The van der Waals surface area contributed by atoms with Gasteiger partial charge in [-0.05, 0) is 38.8 Å². The highest BCUT2D eigenvalue weighted by molar-refractivity contribution is 5.81. The van der Waals surface area contributed by atoms with Crippen molar-refractivity contribution in [2.24, 2.45) is 0 Å². The first-order valence-corrected chi connectivity index (χ1v) is 6.34. The minimum atomic E-state index is -0.422. The summed E-state index contributed by atoms with van der Waals surface area (Å²) in [7, 11) is 1.49. The lowest BCUT2D eigenvalue weighted by Gasteiger charge is -2.38. The van der Waals surface area contributed by atoms with Gasteiger partial charge in [-0.15, -0.1) is 0 Å². The van der Waals surface area contributed by atoms with E-state index in [1.165, 1.54) is 32.8 Å². The Hall–Kier alpha value is -0.610. The van der Waals surface area contributed by atoms with Crippen LogP contribution in [0.1, 0.15) is 38.5 Å². The van der Waals surface area contributed by atoms with Gasteiger partial charge in [-0.2, -0.15) is 0 Å². The van der Waals surface area contributed by atoms with Crippen LogP contribution in [-0.4, -0.2) is 37.7 Å². The highest BCUT2D eigenvalue weighted by Gasteiger charge is 2.42. The van der Waals surface area contributed by atoms with E-state index < -0.39 is 5.54 Å². The lowest BCUT2D eigenvalue weighted by molar-refractivity contribution is -0.150. The topological polar surface area (TPSA) is 50.4 Å². The second-order valence-electron chi connectivity index (χ2n) is 4.95. The van der Waals surface area contributed by atoms with Crippen molar-refractivity contribution in [3.05, 3.63) is 0 Å². The zero-order valence-electron chi connectivity index (χ0n) is 10.1. The fraction of sp³-hybridized carbons (Fsp3) is 0.917. The first kappa shape index (κ1) is 11.9. The van der Waals surface area contributed by atoms with E-state index in [2.05, 4.69) is 10.6 Å². The zero-order valence-corrected chi connectivity index (χ0v) is 10.1. The minimum Gasteiger partial charge on any atom is -0.468 e. The molecule has 1 heterocycles. The molecule has 2 aliphatic rings. The third-order valence-corrected chi connectivity index (χ3v) is 3.87. The standard InChI is InChI=1S/C12H22N2O2/c1-16-11(15)12(6-8-13-9-7-12)14-10-4-2-3-5-10/h10,13-14H,2-9H2,1H3. The van der Waals surface area contributed by atoms with Gasteiger partial charge in [-0.25, -0.2) is 0 Å². The maximum Gasteiger partial charge on any atom is 0.326 e. The van der Waals surface area contributed by atoms with E-state index in [0.717, 1.165) is 25.9 Å². The first-order valence-electron chi connectivity index (χ1n) is 6.34. The number of hydrogen-bond acceptors (Lipinski definition) is 4. The minimum absolute atomic E-state index is 0.0825. The third kappa shape index (κ3) is 2.38. The largest absolute Gasteiger partial charge is 0.468 e. The molecule has 92 valence electrons. The fourth-order valence-corrected chi connectivity index (χ4v) is 2.92. The number of ether oxygens (including phenoxy) is 1. The van der Waals surface area contributed by atoms with Crippen molar-refractivity contribution in [1.82, 2.24) is 10.6 Å². The van der Waals surface area contributed by atoms with E-state index in [9.17, 15) is 4.79 Å². The number of piperidine rings is 1. The van der Waals surface area contributed by atoms with Crippen LogP contribution >= 0.6 is 0 Å². The predicted molar refractivity (Wildman–Crippen MR) is 62.2 cm³/mol. The van der Waals surface area contributed by atoms with Gasteiger partial charge in [0, 0.05) is 6.04 Å². The molecule has 4 nitrogen and oxygen atoms in total. The Morgan fingerprint density at radius 2 is 1.94 bits per heavy atom. The average Bonchev–Trinajstić information content (AvgIpc) is 2.82. The van der Waals surface area contributed by atoms with Crippen molar-refractivity contribution in [2.75, 3.05) is 20.2 Å². The Morgan fingerprint density at radius 3 is 2.50 bits per heavy atom. The summed E-state index contributed by atoms with van der Waals surface area (Å²) in [5.41, 5.74) is -0.422. The summed E-state index contributed by atoms with van der Waals surface area (Å²) in [5, 5.41) is 6.86. The molecule has 0 unspecified atom stereocenters. The first-order chi connectivity index (χ1) is 7.77. The van der Waals surface area contributed by atoms with Crippen molar-refractivity contribution >= 4 is 5.97 Å². The summed E-state index contributed by atoms with van der Waals surface area (Å²) in [6, 6.07) is 0.511. The third-order valence-electron chi connectivity index (χ3n) is 3.87. The van der Waals surface area contributed by atoms with E-state index in [-0.39, 0.29) is 5.97 Å². The van der Waals surface area contributed by atoms with E-state index in [0.29, 0.717) is 6.04 Å². The van der Waals surface area contributed by atoms with Gasteiger partial charge >= 0.3 is 5.97 Å². The monoisotopic (exact) mass is 226 g/mol. The summed E-state index contributed by atoms with van der Waals surface area (Å²) >= 11 is 0. The summed E-state index contributed by atoms with van der Waals surface area (Å²) in [5.74, 6) is -0.0825. The van der Waals surface area contributed by atoms with E-state index >= 15 is 0 Å². The smallest absolute Gasteiger partial charge is 0.326 e. The van der Waals surface area contributed by atoms with Crippen molar-refractivity contribution in [1.29, 1.82) is 0 Å². The molecule has 1 aliphatic heterocycles. The molecule has 0 aromatic rings. The van der Waals surface area contributed by atoms with Crippen LogP contribution in [0.4, 0.5) is 0 Å². The van der Waals surface area contributed by atoms with Crippen LogP contribution in [0, 0.1) is 0 Å². The van der Waals surface area contributed by atoms with Gasteiger partial charge in [0.25, 0.3) is 0 Å². The molecule has 2 N–H and O–H groups in total. The molecule has 4 heteroatoms. The van der Waals surface area contributed by atoms with E-state index in [4.69, 9.17) is 4.74 Å². The van der Waals surface area contributed by atoms with Gasteiger partial charge in [-0.3, -0.25) is 10.1 Å². The lowest BCUT2D eigenvalue weighted by Crippen LogP contribution is -2.60. The average molecular weight is 226 g/mol. The summed E-state index contributed by atoms with van der Waals surface area (Å²) in [6.45, 7) is 1.80. The fourth-order valence-electron chi connectivity index (χ4n) is 2.92. The van der Waals surface area contributed by atoms with E-state index in [1.54, 1.807) is 0 Å². The molecule has 0 radical (unpaired) electrons. The highest BCUT2D eigenvalue weighted by atomic mass is 16.5. The molecule has 0 bridgehead atoms. The second kappa shape index (κ2) is 5.15. The Kier molecular flexibility index (Phi) is 3.82. The molecule has 1 saturated carbocycles. The number of rotatable bonds is 3. The molecule has 0 aromatic carbocycles. The van der Waals surface area contributed by atoms with Crippen LogP contribution in [0.15, 0.2) is 0 Å². The Labute approximate surface area is 97.1 Å². The van der Waals surface area contributed by atoms with Crippen molar-refractivity contribution in [2.45, 2.75) is 50.1 Å². The molecule has 0 amide bonds. The molecule has 0 atom stereocenters. The van der Waals surface area contributed by atoms with Gasteiger partial charge in [0.2, 0.25) is 0 Å². The molecular formula is C12H22N2O2. The normalized spacial score (nSPS) is 25.6. The van der Waals surface area contributed by atoms with Gasteiger partial charge < -0.3 is 10.1 Å². The maximum absolute atomic E-state index is 12.0. The Bertz CT molecular complexity index is 243. The number of esters is 1. The van der Waals surface area contributed by atoms with Crippen LogP contribution in [0.2, 0.25) is 0 Å². The SMILES string of the molecule is COC(=O)C1(NC2CCCC2)CCNCC1. The number of hydrogen-bond donors (Lipinski definition) is 2. The van der Waals surface area contributed by atoms with Crippen LogP contribution in [0.25, 0.3) is 0 Å². The second-order valence-corrected chi connectivity index (χ2v) is 4.95. The number of carbonyl (C=O) groups is 1. The molecule has 1 saturated heterocycles. The predicted octanol–water partition coefficient (Wildman–Crippen LogP) is 0.814. The van der Waals surface area contributed by atoms with Crippen LogP contribution in [0.3, 0.4) is 0 Å². The molecule has 0 aromatic heterocycles. The van der Waals surface area contributed by atoms with Crippen molar-refractivity contribution < 1.29 is 9.53 Å². The van der Waals surface area contributed by atoms with Gasteiger partial charge in [0.15, 0.2) is 0 Å². The number of nitrogens with one attached hydrogen (secondary N) is 2. The lowest BCUT2D eigenvalue weighted by atomic mass is 9.87. The summed E-state index contributed by atoms with van der Waals surface area (Å²) < 4.78 is 4.97. The van der Waals surface area contributed by atoms with Gasteiger partial charge in [-0.1, -0.05) is 12.8 Å². The molecular weight excluding hydrogens is 204 g/mol. The van der Waals surface area contributed by atoms with Crippen LogP contribution in [0.5, 0.6) is 0 Å². The maximum atomic E-state index is 12.0. The Balaban J connectivity index is 2.03. The molecule has 2 fully saturated rings. The number of methoxy groups -OCH3 is 1. The van der Waals surface area contributed by atoms with Crippen molar-refractivity contribution in [3.63, 3.8) is 0 Å². The molecule has 0 spiro atoms. The zero-order chi connectivity index (χ0) is 11.4. The van der Waals surface area contributed by atoms with Crippen molar-refractivity contribution in [3.8, 4) is 0 Å². The highest BCUT2D eigenvalue weighted by Crippen LogP contribution is 2.26. The van der Waals surface area contributed by atoms with Crippen LogP contribution < -0.4 is 10.6 Å². The molecule has 1 aliphatic carbocycles. The summed E-state index contributed by atoms with van der Waals surface area (Å²) in [4.78, 5) is 12.0. The molecule has 16 heavy (non-hydrogen) atoms. The van der Waals surface area contributed by atoms with E-state index in [1.807, 2.05) is 0 Å². The Morgan fingerprint density at radius 1 is 1.31 bits per heavy atom. The molecule has 2 rings (SSSR count). The quantitative estimate of drug-likeness (QED) is 0.699. The van der Waals surface area contributed by atoms with Gasteiger partial charge in [0.05, 0.1) is 7.11 Å².